The number of nitrogens with one attached hydrogen (secondary N) is 1. The highest BCUT2D eigenvalue weighted by molar-refractivity contribution is 6.30. The number of hydrogen-bond acceptors (Lipinski definition) is 3. The normalized spacial score (nSPS) is 10.6. The minimum absolute atomic E-state index is 0.0873. The van der Waals surface area contributed by atoms with Gasteiger partial charge in [0.2, 0.25) is 0 Å². The molecule has 0 aliphatic heterocycles. The van der Waals surface area contributed by atoms with Crippen molar-refractivity contribution in [3.8, 4) is 22.7 Å². The van der Waals surface area contributed by atoms with E-state index in [2.05, 4.69) is 10.4 Å². The summed E-state index contributed by atoms with van der Waals surface area (Å²) in [4.78, 5) is 13.0. The van der Waals surface area contributed by atoms with E-state index < -0.39 is 11.7 Å². The van der Waals surface area contributed by atoms with Gasteiger partial charge in [0.15, 0.2) is 0 Å². The van der Waals surface area contributed by atoms with Crippen molar-refractivity contribution in [1.29, 1.82) is 0 Å². The molecule has 0 aliphatic rings. The number of benzene rings is 3. The number of ether oxygens (including phenoxy) is 1. The van der Waals surface area contributed by atoms with E-state index in [-0.39, 0.29) is 11.4 Å². The van der Waals surface area contributed by atoms with Crippen LogP contribution in [-0.2, 0) is 0 Å². The molecule has 0 spiro atoms. The van der Waals surface area contributed by atoms with Crippen molar-refractivity contribution >= 4 is 23.2 Å². The third-order valence-corrected chi connectivity index (χ3v) is 4.72. The lowest BCUT2D eigenvalue weighted by Gasteiger charge is -2.09. The molecule has 1 N–H and O–H groups in total. The molecule has 150 valence electrons. The molecule has 0 saturated carbocycles. The van der Waals surface area contributed by atoms with Gasteiger partial charge in [-0.2, -0.15) is 5.10 Å². The molecule has 0 bridgehead atoms. The largest absolute Gasteiger partial charge is 0.497 e. The smallest absolute Gasteiger partial charge is 0.274 e. The van der Waals surface area contributed by atoms with E-state index in [1.54, 1.807) is 49.6 Å². The number of halogens is 2. The molecule has 0 radical (unpaired) electrons. The molecule has 0 atom stereocenters. The van der Waals surface area contributed by atoms with Crippen molar-refractivity contribution in [3.63, 3.8) is 0 Å². The number of methoxy groups -OCH3 is 1. The van der Waals surface area contributed by atoms with Gasteiger partial charge >= 0.3 is 0 Å². The third-order valence-electron chi connectivity index (χ3n) is 4.48. The SMILES string of the molecule is COc1cccc(-c2cc(C(=O)Nc3ccccc3F)n(-c3cccc(Cl)c3)n2)c1. The summed E-state index contributed by atoms with van der Waals surface area (Å²) < 4.78 is 20.8. The van der Waals surface area contributed by atoms with Crippen LogP contribution in [0.5, 0.6) is 5.75 Å². The second-order valence-electron chi connectivity index (χ2n) is 6.47. The van der Waals surface area contributed by atoms with Crippen molar-refractivity contribution in [2.75, 3.05) is 12.4 Å². The Balaban J connectivity index is 1.80. The van der Waals surface area contributed by atoms with E-state index in [9.17, 15) is 9.18 Å². The first kappa shape index (κ1) is 19.7. The maximum atomic E-state index is 14.0. The summed E-state index contributed by atoms with van der Waals surface area (Å²) in [5.41, 5.74) is 2.26. The molecular weight excluding hydrogens is 405 g/mol. The summed E-state index contributed by atoms with van der Waals surface area (Å²) in [7, 11) is 1.58. The first-order chi connectivity index (χ1) is 14.5. The Hall–Kier alpha value is -3.64. The van der Waals surface area contributed by atoms with Gasteiger partial charge in [-0.1, -0.05) is 41.9 Å². The van der Waals surface area contributed by atoms with Crippen molar-refractivity contribution in [1.82, 2.24) is 9.78 Å². The standard InChI is InChI=1S/C23H17ClFN3O2/c1-30-18-9-4-6-15(12-18)21-14-22(23(29)26-20-11-3-2-10-19(20)25)28(27-21)17-8-5-7-16(24)13-17/h2-14H,1H3,(H,26,29). The second-order valence-corrected chi connectivity index (χ2v) is 6.91. The molecule has 0 aliphatic carbocycles. The number of para-hydroxylation sites is 1. The number of hydrogen-bond donors (Lipinski definition) is 1. The quantitative estimate of drug-likeness (QED) is 0.456. The van der Waals surface area contributed by atoms with Crippen LogP contribution in [0.15, 0.2) is 78.9 Å². The van der Waals surface area contributed by atoms with Gasteiger partial charge in [-0.3, -0.25) is 4.79 Å². The highest BCUT2D eigenvalue weighted by Gasteiger charge is 2.19. The fourth-order valence-corrected chi connectivity index (χ4v) is 3.20. The van der Waals surface area contributed by atoms with Crippen LogP contribution in [0.4, 0.5) is 10.1 Å². The fraction of sp³-hybridized carbons (Fsp3) is 0.0435. The van der Waals surface area contributed by atoms with Gasteiger partial charge < -0.3 is 10.1 Å². The molecule has 1 amide bonds. The van der Waals surface area contributed by atoms with Crippen molar-refractivity contribution < 1.29 is 13.9 Å². The van der Waals surface area contributed by atoms with Gasteiger partial charge in [-0.05, 0) is 48.5 Å². The van der Waals surface area contributed by atoms with Crippen LogP contribution < -0.4 is 10.1 Å². The zero-order valence-corrected chi connectivity index (χ0v) is 16.7. The van der Waals surface area contributed by atoms with Gasteiger partial charge in [-0.15, -0.1) is 0 Å². The molecular formula is C23H17ClFN3O2. The summed E-state index contributed by atoms with van der Waals surface area (Å²) in [5.74, 6) is -0.350. The lowest BCUT2D eigenvalue weighted by atomic mass is 10.1. The second kappa shape index (κ2) is 8.39. The van der Waals surface area contributed by atoms with Crippen LogP contribution in [0.25, 0.3) is 16.9 Å². The monoisotopic (exact) mass is 421 g/mol. The maximum Gasteiger partial charge on any atom is 0.274 e. The average molecular weight is 422 g/mol. The van der Waals surface area contributed by atoms with Gasteiger partial charge in [0.25, 0.3) is 5.91 Å². The van der Waals surface area contributed by atoms with E-state index in [4.69, 9.17) is 16.3 Å². The Morgan fingerprint density at radius 1 is 1.03 bits per heavy atom. The number of carbonyl (C=O) groups is 1. The zero-order valence-electron chi connectivity index (χ0n) is 16.0. The van der Waals surface area contributed by atoms with Crippen LogP contribution in [-0.4, -0.2) is 22.8 Å². The number of carbonyl (C=O) groups excluding carboxylic acids is 1. The van der Waals surface area contributed by atoms with Crippen LogP contribution in [0.3, 0.4) is 0 Å². The van der Waals surface area contributed by atoms with Crippen molar-refractivity contribution in [2.24, 2.45) is 0 Å². The van der Waals surface area contributed by atoms with Gasteiger partial charge in [0, 0.05) is 10.6 Å². The van der Waals surface area contributed by atoms with Crippen LogP contribution >= 0.6 is 11.6 Å². The molecule has 7 heteroatoms. The summed E-state index contributed by atoms with van der Waals surface area (Å²) in [6, 6.07) is 22.0. The van der Waals surface area contributed by atoms with Crippen LogP contribution in [0.1, 0.15) is 10.5 Å². The molecule has 1 heterocycles. The van der Waals surface area contributed by atoms with Gasteiger partial charge in [0.1, 0.15) is 17.3 Å². The molecule has 5 nitrogen and oxygen atoms in total. The predicted molar refractivity (Wildman–Crippen MR) is 115 cm³/mol. The highest BCUT2D eigenvalue weighted by Crippen LogP contribution is 2.26. The van der Waals surface area contributed by atoms with Crippen LogP contribution in [0.2, 0.25) is 5.02 Å². The molecule has 4 aromatic rings. The fourth-order valence-electron chi connectivity index (χ4n) is 3.02. The van der Waals surface area contributed by atoms with E-state index in [0.29, 0.717) is 22.2 Å². The van der Waals surface area contributed by atoms with Crippen molar-refractivity contribution in [3.05, 3.63) is 95.4 Å². The summed E-state index contributed by atoms with van der Waals surface area (Å²) in [6.45, 7) is 0. The summed E-state index contributed by atoms with van der Waals surface area (Å²) in [6.07, 6.45) is 0. The van der Waals surface area contributed by atoms with Crippen molar-refractivity contribution in [2.45, 2.75) is 0 Å². The molecule has 30 heavy (non-hydrogen) atoms. The first-order valence-corrected chi connectivity index (χ1v) is 9.49. The first-order valence-electron chi connectivity index (χ1n) is 9.11. The minimum atomic E-state index is -0.521. The summed E-state index contributed by atoms with van der Waals surface area (Å²) in [5, 5.41) is 7.71. The Bertz CT molecular complexity index is 1220. The zero-order chi connectivity index (χ0) is 21.1. The van der Waals surface area contributed by atoms with Crippen LogP contribution in [0, 0.1) is 5.82 Å². The Morgan fingerprint density at radius 3 is 2.60 bits per heavy atom. The van der Waals surface area contributed by atoms with Gasteiger partial charge in [-0.25, -0.2) is 9.07 Å². The maximum absolute atomic E-state index is 14.0. The number of nitrogens with zero attached hydrogens (tertiary/aromatic N) is 2. The Kier molecular flexibility index (Phi) is 5.50. The average Bonchev–Trinajstić information content (AvgIpc) is 3.21. The predicted octanol–water partition coefficient (Wildman–Crippen LogP) is 5.59. The highest BCUT2D eigenvalue weighted by atomic mass is 35.5. The molecule has 0 saturated heterocycles. The number of amides is 1. The van der Waals surface area contributed by atoms with E-state index >= 15 is 0 Å². The number of anilines is 1. The molecule has 1 aromatic heterocycles. The number of rotatable bonds is 5. The van der Waals surface area contributed by atoms with E-state index in [0.717, 1.165) is 5.56 Å². The Morgan fingerprint density at radius 2 is 1.83 bits per heavy atom. The third kappa shape index (κ3) is 4.04. The minimum Gasteiger partial charge on any atom is -0.497 e. The lowest BCUT2D eigenvalue weighted by Crippen LogP contribution is -2.17. The van der Waals surface area contributed by atoms with E-state index in [1.165, 1.54) is 16.8 Å². The topological polar surface area (TPSA) is 56.1 Å². The molecule has 4 rings (SSSR count). The molecule has 3 aromatic carbocycles. The summed E-state index contributed by atoms with van der Waals surface area (Å²) >= 11 is 6.13. The van der Waals surface area contributed by atoms with E-state index in [1.807, 2.05) is 24.3 Å². The number of aromatic nitrogens is 2. The molecule has 0 unspecified atom stereocenters. The van der Waals surface area contributed by atoms with Gasteiger partial charge in [0.05, 0.1) is 24.2 Å². The lowest BCUT2D eigenvalue weighted by molar-refractivity contribution is 0.101. The Labute approximate surface area is 177 Å². The molecule has 0 fully saturated rings.